The maximum absolute atomic E-state index is 4.26. The highest BCUT2D eigenvalue weighted by Gasteiger charge is 2.07. The lowest BCUT2D eigenvalue weighted by molar-refractivity contribution is 0.721. The van der Waals surface area contributed by atoms with Crippen LogP contribution in [0.4, 0.5) is 5.69 Å². The third kappa shape index (κ3) is 4.07. The molecule has 1 aromatic carbocycles. The Morgan fingerprint density at radius 3 is 2.70 bits per heavy atom. The first-order valence-electron chi connectivity index (χ1n) is 7.20. The molecule has 0 saturated carbocycles. The minimum Gasteiger partial charge on any atom is -0.373 e. The van der Waals surface area contributed by atoms with Crippen molar-refractivity contribution in [3.63, 3.8) is 0 Å². The first-order chi connectivity index (χ1) is 9.81. The maximum Gasteiger partial charge on any atom is 0.0595 e. The van der Waals surface area contributed by atoms with E-state index >= 15 is 0 Å². The van der Waals surface area contributed by atoms with Crippen LogP contribution >= 0.6 is 0 Å². The van der Waals surface area contributed by atoms with Gasteiger partial charge in [0.25, 0.3) is 0 Å². The molecule has 0 spiro atoms. The summed E-state index contributed by atoms with van der Waals surface area (Å²) in [5.41, 5.74) is 3.89. The van der Waals surface area contributed by atoms with E-state index in [1.54, 1.807) is 0 Å². The second-order valence-electron chi connectivity index (χ2n) is 4.94. The van der Waals surface area contributed by atoms with Crippen molar-refractivity contribution in [3.05, 3.63) is 59.9 Å². The molecule has 3 nitrogen and oxygen atoms in total. The predicted molar refractivity (Wildman–Crippen MR) is 85.0 cm³/mol. The summed E-state index contributed by atoms with van der Waals surface area (Å²) < 4.78 is 0. The van der Waals surface area contributed by atoms with Crippen LogP contribution in [-0.2, 0) is 13.0 Å². The minimum atomic E-state index is 0.893. The van der Waals surface area contributed by atoms with Crippen molar-refractivity contribution in [2.75, 3.05) is 25.0 Å². The molecule has 3 heteroatoms. The summed E-state index contributed by atoms with van der Waals surface area (Å²) in [5.74, 6) is 0. The van der Waals surface area contributed by atoms with E-state index in [9.17, 15) is 0 Å². The van der Waals surface area contributed by atoms with Gasteiger partial charge in [0, 0.05) is 26.3 Å². The molecule has 1 N–H and O–H groups in total. The summed E-state index contributed by atoms with van der Waals surface area (Å²) >= 11 is 0. The number of rotatable bonds is 7. The first kappa shape index (κ1) is 14.5. The Morgan fingerprint density at radius 2 is 1.95 bits per heavy atom. The van der Waals surface area contributed by atoms with Gasteiger partial charge in [-0.05, 0) is 30.2 Å². The van der Waals surface area contributed by atoms with Crippen molar-refractivity contribution in [2.24, 2.45) is 0 Å². The molecule has 0 fully saturated rings. The molecular weight excluding hydrogens is 246 g/mol. The Labute approximate surface area is 121 Å². The molecule has 106 valence electrons. The summed E-state index contributed by atoms with van der Waals surface area (Å²) in [6, 6.07) is 12.7. The summed E-state index contributed by atoms with van der Waals surface area (Å²) in [6.45, 7) is 4.99. The highest BCUT2D eigenvalue weighted by molar-refractivity contribution is 5.51. The number of likely N-dealkylation sites (N-methyl/N-ethyl adjacent to an activating group) is 1. The largest absolute Gasteiger partial charge is 0.373 e. The molecule has 2 aromatic rings. The van der Waals surface area contributed by atoms with Gasteiger partial charge in [-0.3, -0.25) is 4.98 Å². The fourth-order valence-corrected chi connectivity index (χ4v) is 2.23. The number of pyridine rings is 1. The SMILES string of the molecule is CCNCc1ccncc1N(C)CCc1ccccc1. The molecule has 1 aromatic heterocycles. The van der Waals surface area contributed by atoms with E-state index in [0.29, 0.717) is 0 Å². The number of hydrogen-bond donors (Lipinski definition) is 1. The van der Waals surface area contributed by atoms with Crippen LogP contribution in [0.3, 0.4) is 0 Å². The fourth-order valence-electron chi connectivity index (χ4n) is 2.23. The third-order valence-corrected chi connectivity index (χ3v) is 3.44. The molecule has 0 radical (unpaired) electrons. The fraction of sp³-hybridized carbons (Fsp3) is 0.353. The van der Waals surface area contributed by atoms with Crippen LogP contribution in [0.25, 0.3) is 0 Å². The molecule has 0 amide bonds. The van der Waals surface area contributed by atoms with Crippen LogP contribution < -0.4 is 10.2 Å². The third-order valence-electron chi connectivity index (χ3n) is 3.44. The standard InChI is InChI=1S/C17H23N3/c1-3-18-13-16-9-11-19-14-17(16)20(2)12-10-15-7-5-4-6-8-15/h4-9,11,14,18H,3,10,12-13H2,1-2H3. The highest BCUT2D eigenvalue weighted by atomic mass is 15.1. The summed E-state index contributed by atoms with van der Waals surface area (Å²) in [6.07, 6.45) is 4.87. The van der Waals surface area contributed by atoms with E-state index in [0.717, 1.165) is 26.1 Å². The van der Waals surface area contributed by atoms with Crippen LogP contribution in [0, 0.1) is 0 Å². The zero-order valence-electron chi connectivity index (χ0n) is 12.3. The van der Waals surface area contributed by atoms with Crippen molar-refractivity contribution in [1.29, 1.82) is 0 Å². The maximum atomic E-state index is 4.26. The molecule has 0 atom stereocenters. The van der Waals surface area contributed by atoms with E-state index in [-0.39, 0.29) is 0 Å². The first-order valence-corrected chi connectivity index (χ1v) is 7.20. The quantitative estimate of drug-likeness (QED) is 0.837. The summed E-state index contributed by atoms with van der Waals surface area (Å²) in [4.78, 5) is 6.54. The zero-order chi connectivity index (χ0) is 14.2. The van der Waals surface area contributed by atoms with Gasteiger partial charge in [0.1, 0.15) is 0 Å². The van der Waals surface area contributed by atoms with E-state index < -0.39 is 0 Å². The lowest BCUT2D eigenvalue weighted by Crippen LogP contribution is -2.23. The van der Waals surface area contributed by atoms with Crippen LogP contribution in [0.15, 0.2) is 48.8 Å². The molecule has 0 aliphatic carbocycles. The second-order valence-corrected chi connectivity index (χ2v) is 4.94. The number of benzene rings is 1. The van der Waals surface area contributed by atoms with Crippen molar-refractivity contribution in [2.45, 2.75) is 19.9 Å². The molecular formula is C17H23N3. The van der Waals surface area contributed by atoms with Gasteiger partial charge in [0.05, 0.1) is 11.9 Å². The van der Waals surface area contributed by atoms with E-state index in [1.165, 1.54) is 16.8 Å². The van der Waals surface area contributed by atoms with E-state index in [1.807, 2.05) is 12.4 Å². The molecule has 0 aliphatic rings. The number of aromatic nitrogens is 1. The molecule has 20 heavy (non-hydrogen) atoms. The minimum absolute atomic E-state index is 0.893. The van der Waals surface area contributed by atoms with Crippen LogP contribution in [0.1, 0.15) is 18.1 Å². The van der Waals surface area contributed by atoms with Crippen LogP contribution in [-0.4, -0.2) is 25.1 Å². The van der Waals surface area contributed by atoms with Gasteiger partial charge in [0.15, 0.2) is 0 Å². The smallest absolute Gasteiger partial charge is 0.0595 e. The molecule has 0 saturated heterocycles. The predicted octanol–water partition coefficient (Wildman–Crippen LogP) is 2.87. The monoisotopic (exact) mass is 269 g/mol. The Balaban J connectivity index is 1.99. The summed E-state index contributed by atoms with van der Waals surface area (Å²) in [7, 11) is 2.13. The van der Waals surface area contributed by atoms with Gasteiger partial charge < -0.3 is 10.2 Å². The van der Waals surface area contributed by atoms with Gasteiger partial charge in [-0.1, -0.05) is 37.3 Å². The Morgan fingerprint density at radius 1 is 1.15 bits per heavy atom. The van der Waals surface area contributed by atoms with Crippen molar-refractivity contribution in [3.8, 4) is 0 Å². The molecule has 0 bridgehead atoms. The van der Waals surface area contributed by atoms with Gasteiger partial charge >= 0.3 is 0 Å². The van der Waals surface area contributed by atoms with E-state index in [2.05, 4.69) is 65.6 Å². The number of hydrogen-bond acceptors (Lipinski definition) is 3. The van der Waals surface area contributed by atoms with Crippen molar-refractivity contribution in [1.82, 2.24) is 10.3 Å². The van der Waals surface area contributed by atoms with Gasteiger partial charge in [0.2, 0.25) is 0 Å². The average Bonchev–Trinajstić information content (AvgIpc) is 2.52. The second kappa shape index (κ2) is 7.65. The van der Waals surface area contributed by atoms with Gasteiger partial charge in [-0.2, -0.15) is 0 Å². The Hall–Kier alpha value is -1.87. The topological polar surface area (TPSA) is 28.2 Å². The Bertz CT molecular complexity index is 511. The average molecular weight is 269 g/mol. The molecule has 0 aliphatic heterocycles. The van der Waals surface area contributed by atoms with Crippen molar-refractivity contribution >= 4 is 5.69 Å². The lowest BCUT2D eigenvalue weighted by Gasteiger charge is -2.22. The number of nitrogens with one attached hydrogen (secondary N) is 1. The zero-order valence-corrected chi connectivity index (χ0v) is 12.3. The van der Waals surface area contributed by atoms with Crippen LogP contribution in [0.5, 0.6) is 0 Å². The summed E-state index contributed by atoms with van der Waals surface area (Å²) in [5, 5.41) is 3.38. The highest BCUT2D eigenvalue weighted by Crippen LogP contribution is 2.18. The number of anilines is 1. The normalized spacial score (nSPS) is 10.5. The van der Waals surface area contributed by atoms with Crippen molar-refractivity contribution < 1.29 is 0 Å². The van der Waals surface area contributed by atoms with Gasteiger partial charge in [-0.25, -0.2) is 0 Å². The lowest BCUT2D eigenvalue weighted by atomic mass is 10.1. The molecule has 1 heterocycles. The number of nitrogens with zero attached hydrogens (tertiary/aromatic N) is 2. The van der Waals surface area contributed by atoms with Crippen LogP contribution in [0.2, 0.25) is 0 Å². The van der Waals surface area contributed by atoms with Gasteiger partial charge in [-0.15, -0.1) is 0 Å². The molecule has 0 unspecified atom stereocenters. The van der Waals surface area contributed by atoms with E-state index in [4.69, 9.17) is 0 Å². The Kier molecular flexibility index (Phi) is 5.56. The molecule has 2 rings (SSSR count).